The topological polar surface area (TPSA) is 109 Å². The molecule has 0 fully saturated rings. The molecule has 0 bridgehead atoms. The maximum absolute atomic E-state index is 14.9. The van der Waals surface area contributed by atoms with E-state index in [1.54, 1.807) is 6.07 Å². The number of benzene rings is 2. The van der Waals surface area contributed by atoms with E-state index in [2.05, 4.69) is 9.97 Å². The van der Waals surface area contributed by atoms with Crippen LogP contribution in [0.2, 0.25) is 5.02 Å². The lowest BCUT2D eigenvalue weighted by Gasteiger charge is -2.15. The number of halogens is 5. The van der Waals surface area contributed by atoms with Gasteiger partial charge in [-0.25, -0.2) is 14.4 Å². The molecule has 7 nitrogen and oxygen atoms in total. The van der Waals surface area contributed by atoms with E-state index in [4.69, 9.17) is 27.8 Å². The van der Waals surface area contributed by atoms with E-state index in [-0.39, 0.29) is 39.4 Å². The number of para-hydroxylation sites is 1. The fraction of sp³-hybridized carbons (Fsp3) is 0.0455. The summed E-state index contributed by atoms with van der Waals surface area (Å²) < 4.78 is 62.9. The molecule has 2 aromatic heterocycles. The number of pyridine rings is 1. The molecule has 0 aliphatic rings. The lowest BCUT2D eigenvalue weighted by atomic mass is 10.2. The Morgan fingerprint density at radius 2 is 1.76 bits per heavy atom. The predicted molar refractivity (Wildman–Crippen MR) is 116 cm³/mol. The van der Waals surface area contributed by atoms with Crippen molar-refractivity contribution in [2.24, 2.45) is 5.73 Å². The van der Waals surface area contributed by atoms with Crippen LogP contribution in [-0.4, -0.2) is 20.4 Å². The molecule has 4 aromatic rings. The van der Waals surface area contributed by atoms with Gasteiger partial charge in [-0.2, -0.15) is 13.2 Å². The number of hydrogen-bond acceptors (Lipinski definition) is 5. The summed E-state index contributed by atoms with van der Waals surface area (Å²) in [5, 5.41) is -0.0356. The molecule has 0 unspecified atom stereocenters. The molecule has 12 heteroatoms. The van der Waals surface area contributed by atoms with Crippen molar-refractivity contribution in [2.75, 3.05) is 5.73 Å². The van der Waals surface area contributed by atoms with Crippen molar-refractivity contribution in [3.63, 3.8) is 0 Å². The first-order valence-electron chi connectivity index (χ1n) is 9.51. The number of carbonyl (C=O) groups excluding carboxylic acids is 1. The number of imidazole rings is 1. The smallest absolute Gasteiger partial charge is 0.434 e. The van der Waals surface area contributed by atoms with Crippen molar-refractivity contribution in [1.29, 1.82) is 0 Å². The van der Waals surface area contributed by atoms with E-state index >= 15 is 0 Å². The number of nitrogen functional groups attached to an aromatic ring is 1. The van der Waals surface area contributed by atoms with Crippen molar-refractivity contribution in [3.05, 3.63) is 83.0 Å². The number of amides is 1. The minimum atomic E-state index is -4.98. The normalized spacial score (nSPS) is 11.4. The summed E-state index contributed by atoms with van der Waals surface area (Å²) in [5.41, 5.74) is 8.40. The molecule has 2 aromatic carbocycles. The number of nitrogens with two attached hydrogens (primary N) is 2. The van der Waals surface area contributed by atoms with Crippen LogP contribution in [0.25, 0.3) is 17.1 Å². The van der Waals surface area contributed by atoms with E-state index in [0.29, 0.717) is 4.57 Å². The van der Waals surface area contributed by atoms with Crippen molar-refractivity contribution in [3.8, 4) is 28.6 Å². The molecular weight excluding hydrogens is 478 g/mol. The summed E-state index contributed by atoms with van der Waals surface area (Å²) in [6.45, 7) is 0. The second-order valence-corrected chi connectivity index (χ2v) is 7.30. The van der Waals surface area contributed by atoms with Gasteiger partial charge in [0.2, 0.25) is 0 Å². The van der Waals surface area contributed by atoms with E-state index in [1.807, 2.05) is 0 Å². The summed E-state index contributed by atoms with van der Waals surface area (Å²) in [5.74, 6) is -2.93. The fourth-order valence-electron chi connectivity index (χ4n) is 3.24. The molecule has 34 heavy (non-hydrogen) atoms. The average molecular weight is 492 g/mol. The highest BCUT2D eigenvalue weighted by Gasteiger charge is 2.42. The summed E-state index contributed by atoms with van der Waals surface area (Å²) in [6.07, 6.45) is -3.67. The monoisotopic (exact) mass is 491 g/mol. The summed E-state index contributed by atoms with van der Waals surface area (Å²) in [7, 11) is 0. The molecular formula is C22H14ClF4N5O2. The third kappa shape index (κ3) is 4.25. The second-order valence-electron chi connectivity index (χ2n) is 6.92. The van der Waals surface area contributed by atoms with Crippen molar-refractivity contribution < 1.29 is 27.1 Å². The van der Waals surface area contributed by atoms with Crippen LogP contribution in [-0.2, 0) is 6.18 Å². The largest absolute Gasteiger partial charge is 0.453 e. The number of primary amides is 1. The van der Waals surface area contributed by atoms with E-state index in [1.165, 1.54) is 48.7 Å². The average Bonchev–Trinajstić information content (AvgIpc) is 3.20. The lowest BCUT2D eigenvalue weighted by Crippen LogP contribution is -2.21. The predicted octanol–water partition coefficient (Wildman–Crippen LogP) is 5.22. The highest BCUT2D eigenvalue weighted by atomic mass is 35.5. The minimum absolute atomic E-state index is 0.0280. The number of anilines is 1. The number of rotatable bonds is 5. The van der Waals surface area contributed by atoms with E-state index in [9.17, 15) is 22.4 Å². The SMILES string of the molecule is NC(=O)c1nc(-c2ccc(Oc3ccnc(N)c3Cl)c(F)c2)n(-c2ccccc2)c1C(F)(F)F. The quantitative estimate of drug-likeness (QED) is 0.372. The van der Waals surface area contributed by atoms with Gasteiger partial charge in [0.25, 0.3) is 5.91 Å². The summed E-state index contributed by atoms with van der Waals surface area (Å²) in [4.78, 5) is 19.4. The van der Waals surface area contributed by atoms with Crippen LogP contribution in [0.15, 0.2) is 60.8 Å². The third-order valence-corrected chi connectivity index (χ3v) is 5.06. The molecule has 4 N–H and O–H groups in total. The lowest BCUT2D eigenvalue weighted by molar-refractivity contribution is -0.142. The van der Waals surface area contributed by atoms with Gasteiger partial charge in [-0.1, -0.05) is 29.8 Å². The standard InChI is InChI=1S/C22H14ClF4N5O2/c23-16-15(8-9-30-19(16)28)34-14-7-6-11(10-13(14)24)21-31-17(20(29)33)18(22(25,26)27)32(21)12-4-2-1-3-5-12/h1-10H,(H2,28,30)(H2,29,33). The number of hydrogen-bond donors (Lipinski definition) is 2. The zero-order chi connectivity index (χ0) is 24.6. The Bertz CT molecular complexity index is 1390. The Labute approximate surface area is 194 Å². The van der Waals surface area contributed by atoms with Gasteiger partial charge in [-0.05, 0) is 30.3 Å². The molecule has 0 aliphatic carbocycles. The first-order chi connectivity index (χ1) is 16.1. The van der Waals surface area contributed by atoms with Gasteiger partial charge in [0.15, 0.2) is 28.7 Å². The highest BCUT2D eigenvalue weighted by Crippen LogP contribution is 2.39. The molecule has 2 heterocycles. The zero-order valence-corrected chi connectivity index (χ0v) is 17.7. The minimum Gasteiger partial charge on any atom is -0.453 e. The molecule has 0 spiro atoms. The second kappa shape index (κ2) is 8.67. The van der Waals surface area contributed by atoms with Crippen LogP contribution >= 0.6 is 11.6 Å². The van der Waals surface area contributed by atoms with Crippen molar-refractivity contribution >= 4 is 23.3 Å². The van der Waals surface area contributed by atoms with Gasteiger partial charge in [-0.3, -0.25) is 9.36 Å². The number of ether oxygens (including phenoxy) is 1. The molecule has 4 rings (SSSR count). The van der Waals surface area contributed by atoms with Crippen LogP contribution in [0.5, 0.6) is 11.5 Å². The zero-order valence-electron chi connectivity index (χ0n) is 17.0. The van der Waals surface area contributed by atoms with Crippen LogP contribution in [0.1, 0.15) is 16.2 Å². The van der Waals surface area contributed by atoms with Crippen LogP contribution in [0, 0.1) is 5.82 Å². The molecule has 0 radical (unpaired) electrons. The Morgan fingerprint density at radius 3 is 2.38 bits per heavy atom. The maximum atomic E-state index is 14.9. The number of aromatic nitrogens is 3. The maximum Gasteiger partial charge on any atom is 0.434 e. The summed E-state index contributed by atoms with van der Waals surface area (Å²) in [6, 6.07) is 12.1. The Morgan fingerprint density at radius 1 is 1.06 bits per heavy atom. The van der Waals surface area contributed by atoms with E-state index in [0.717, 1.165) is 6.07 Å². The van der Waals surface area contributed by atoms with E-state index < -0.39 is 29.3 Å². The highest BCUT2D eigenvalue weighted by molar-refractivity contribution is 6.34. The van der Waals surface area contributed by atoms with Crippen LogP contribution in [0.3, 0.4) is 0 Å². The van der Waals surface area contributed by atoms with Gasteiger partial charge in [0, 0.05) is 23.5 Å². The molecule has 174 valence electrons. The molecule has 0 saturated heterocycles. The Hall–Kier alpha value is -4.12. The fourth-order valence-corrected chi connectivity index (χ4v) is 3.39. The van der Waals surface area contributed by atoms with Gasteiger partial charge in [-0.15, -0.1) is 0 Å². The first kappa shape index (κ1) is 23.1. The van der Waals surface area contributed by atoms with Crippen LogP contribution in [0.4, 0.5) is 23.4 Å². The molecule has 1 amide bonds. The van der Waals surface area contributed by atoms with Gasteiger partial charge < -0.3 is 16.2 Å². The summed E-state index contributed by atoms with van der Waals surface area (Å²) >= 11 is 6.01. The molecule has 0 atom stereocenters. The first-order valence-corrected chi connectivity index (χ1v) is 9.88. The molecule has 0 saturated carbocycles. The third-order valence-electron chi connectivity index (χ3n) is 4.68. The van der Waals surface area contributed by atoms with Gasteiger partial charge in [0.05, 0.1) is 0 Å². The number of carbonyl (C=O) groups is 1. The Kier molecular flexibility index (Phi) is 5.88. The molecule has 0 aliphatic heterocycles. The number of alkyl halides is 3. The Balaban J connectivity index is 1.87. The van der Waals surface area contributed by atoms with Crippen molar-refractivity contribution in [2.45, 2.75) is 6.18 Å². The number of nitrogens with zero attached hydrogens (tertiary/aromatic N) is 3. The van der Waals surface area contributed by atoms with Gasteiger partial charge in [0.1, 0.15) is 16.7 Å². The van der Waals surface area contributed by atoms with Gasteiger partial charge >= 0.3 is 6.18 Å². The van der Waals surface area contributed by atoms with Crippen LogP contribution < -0.4 is 16.2 Å². The van der Waals surface area contributed by atoms with Crippen molar-refractivity contribution in [1.82, 2.24) is 14.5 Å².